The number of carboxylic acid groups (broad SMARTS) is 1. The van der Waals surface area contributed by atoms with E-state index in [0.29, 0.717) is 0 Å². The molecule has 92 valence electrons. The highest BCUT2D eigenvalue weighted by Gasteiger charge is 2.17. The van der Waals surface area contributed by atoms with Crippen molar-refractivity contribution >= 4 is 11.9 Å². The van der Waals surface area contributed by atoms with Gasteiger partial charge < -0.3 is 9.84 Å². The number of esters is 1. The predicted molar refractivity (Wildman–Crippen MR) is 63.4 cm³/mol. The number of rotatable bonds is 5. The third-order valence-electron chi connectivity index (χ3n) is 2.54. The van der Waals surface area contributed by atoms with E-state index in [0.717, 1.165) is 24.8 Å². The van der Waals surface area contributed by atoms with E-state index in [-0.39, 0.29) is 11.1 Å². The Kier molecular flexibility index (Phi) is 4.69. The molecule has 0 bridgehead atoms. The molecule has 1 rings (SSSR count). The van der Waals surface area contributed by atoms with E-state index in [2.05, 4.69) is 11.7 Å². The van der Waals surface area contributed by atoms with Crippen molar-refractivity contribution in [1.82, 2.24) is 0 Å². The van der Waals surface area contributed by atoms with Gasteiger partial charge in [0.1, 0.15) is 0 Å². The van der Waals surface area contributed by atoms with Gasteiger partial charge in [0, 0.05) is 0 Å². The quantitative estimate of drug-likeness (QED) is 0.798. The van der Waals surface area contributed by atoms with Crippen molar-refractivity contribution in [3.63, 3.8) is 0 Å². The lowest BCUT2D eigenvalue weighted by atomic mass is 10.0. The summed E-state index contributed by atoms with van der Waals surface area (Å²) in [7, 11) is 1.24. The molecule has 4 heteroatoms. The molecule has 0 saturated heterocycles. The Morgan fingerprint density at radius 1 is 1.29 bits per heavy atom. The molecule has 1 aromatic carbocycles. The second kappa shape index (κ2) is 6.03. The van der Waals surface area contributed by atoms with E-state index >= 15 is 0 Å². The highest BCUT2D eigenvalue weighted by atomic mass is 16.5. The molecule has 4 nitrogen and oxygen atoms in total. The second-order valence-corrected chi connectivity index (χ2v) is 3.78. The highest BCUT2D eigenvalue weighted by Crippen LogP contribution is 2.15. The van der Waals surface area contributed by atoms with Crippen LogP contribution in [0, 0.1) is 0 Å². The number of ether oxygens (including phenoxy) is 1. The molecule has 0 fully saturated rings. The molecule has 1 aromatic rings. The molecule has 0 spiro atoms. The number of hydrogen-bond acceptors (Lipinski definition) is 3. The summed E-state index contributed by atoms with van der Waals surface area (Å²) in [5.74, 6) is -1.73. The van der Waals surface area contributed by atoms with Gasteiger partial charge in [0.15, 0.2) is 0 Å². The monoisotopic (exact) mass is 236 g/mol. The Morgan fingerprint density at radius 3 is 2.53 bits per heavy atom. The zero-order chi connectivity index (χ0) is 12.8. The van der Waals surface area contributed by atoms with Crippen LogP contribution in [0.3, 0.4) is 0 Å². The van der Waals surface area contributed by atoms with Crippen molar-refractivity contribution < 1.29 is 19.4 Å². The largest absolute Gasteiger partial charge is 0.478 e. The third kappa shape index (κ3) is 3.31. The molecule has 0 amide bonds. The van der Waals surface area contributed by atoms with E-state index in [9.17, 15) is 9.59 Å². The zero-order valence-electron chi connectivity index (χ0n) is 10.0. The van der Waals surface area contributed by atoms with Crippen LogP contribution in [0.4, 0.5) is 0 Å². The fourth-order valence-corrected chi connectivity index (χ4v) is 1.59. The molecule has 17 heavy (non-hydrogen) atoms. The summed E-state index contributed by atoms with van der Waals surface area (Å²) in [5.41, 5.74) is 1.03. The first-order chi connectivity index (χ1) is 8.10. The molecule has 0 atom stereocenters. The lowest BCUT2D eigenvalue weighted by molar-refractivity contribution is 0.0582. The van der Waals surface area contributed by atoms with Gasteiger partial charge in [-0.25, -0.2) is 9.59 Å². The molecule has 0 aromatic heterocycles. The minimum atomic E-state index is -1.11. The summed E-state index contributed by atoms with van der Waals surface area (Å²) in [6, 6.07) is 4.83. The van der Waals surface area contributed by atoms with Crippen molar-refractivity contribution in [2.45, 2.75) is 26.2 Å². The number of hydrogen-bond donors (Lipinski definition) is 1. The molecule has 0 saturated carbocycles. The van der Waals surface area contributed by atoms with E-state index in [1.165, 1.54) is 13.2 Å². The first-order valence-corrected chi connectivity index (χ1v) is 5.54. The molecule has 0 aliphatic carbocycles. The summed E-state index contributed by atoms with van der Waals surface area (Å²) in [6.07, 6.45) is 2.86. The first kappa shape index (κ1) is 13.2. The Morgan fingerprint density at radius 2 is 2.00 bits per heavy atom. The maximum atomic E-state index is 11.4. The highest BCUT2D eigenvalue weighted by molar-refractivity contribution is 6.02. The van der Waals surface area contributed by atoms with Gasteiger partial charge in [-0.05, 0) is 30.5 Å². The van der Waals surface area contributed by atoms with E-state index in [1.807, 2.05) is 0 Å². The average molecular weight is 236 g/mol. The zero-order valence-corrected chi connectivity index (χ0v) is 10.0. The lowest BCUT2D eigenvalue weighted by Crippen LogP contribution is -2.10. The van der Waals surface area contributed by atoms with Gasteiger partial charge in [-0.3, -0.25) is 0 Å². The number of carbonyl (C=O) groups excluding carboxylic acids is 1. The molecule has 0 unspecified atom stereocenters. The average Bonchev–Trinajstić information content (AvgIpc) is 2.35. The van der Waals surface area contributed by atoms with Crippen LogP contribution in [-0.2, 0) is 11.2 Å². The van der Waals surface area contributed by atoms with Gasteiger partial charge in [-0.15, -0.1) is 0 Å². The van der Waals surface area contributed by atoms with Crippen molar-refractivity contribution in [3.8, 4) is 0 Å². The number of unbranched alkanes of at least 4 members (excludes halogenated alkanes) is 1. The van der Waals surface area contributed by atoms with Gasteiger partial charge in [0.2, 0.25) is 0 Å². The van der Waals surface area contributed by atoms with Crippen LogP contribution >= 0.6 is 0 Å². The van der Waals surface area contributed by atoms with Crippen molar-refractivity contribution in [3.05, 3.63) is 34.9 Å². The fourth-order valence-electron chi connectivity index (χ4n) is 1.59. The Bertz CT molecular complexity index is 423. The molecule has 0 radical (unpaired) electrons. The Balaban J connectivity index is 3.08. The number of carboxylic acids is 1. The minimum Gasteiger partial charge on any atom is -0.478 e. The van der Waals surface area contributed by atoms with Crippen LogP contribution in [0.2, 0.25) is 0 Å². The normalized spacial score (nSPS) is 10.0. The maximum Gasteiger partial charge on any atom is 0.338 e. The van der Waals surface area contributed by atoms with Crippen molar-refractivity contribution in [2.75, 3.05) is 7.11 Å². The van der Waals surface area contributed by atoms with E-state index < -0.39 is 11.9 Å². The van der Waals surface area contributed by atoms with Crippen LogP contribution in [-0.4, -0.2) is 24.2 Å². The number of aromatic carboxylic acids is 1. The minimum absolute atomic E-state index is 0.00505. The maximum absolute atomic E-state index is 11.4. The number of benzene rings is 1. The fraction of sp³-hybridized carbons (Fsp3) is 0.385. The van der Waals surface area contributed by atoms with Gasteiger partial charge >= 0.3 is 11.9 Å². The van der Waals surface area contributed by atoms with Gasteiger partial charge in [0.25, 0.3) is 0 Å². The SMILES string of the molecule is CCCCc1ccc(C(=O)OC)c(C(=O)O)c1. The van der Waals surface area contributed by atoms with Crippen molar-refractivity contribution in [2.24, 2.45) is 0 Å². The van der Waals surface area contributed by atoms with Crippen LogP contribution in [0.5, 0.6) is 0 Å². The number of carbonyl (C=O) groups is 2. The van der Waals surface area contributed by atoms with Crippen molar-refractivity contribution in [1.29, 1.82) is 0 Å². The topological polar surface area (TPSA) is 63.6 Å². The molecular weight excluding hydrogens is 220 g/mol. The Labute approximate surface area is 100 Å². The van der Waals surface area contributed by atoms with E-state index in [1.54, 1.807) is 12.1 Å². The lowest BCUT2D eigenvalue weighted by Gasteiger charge is -2.07. The molecule has 0 aliphatic rings. The van der Waals surface area contributed by atoms with E-state index in [4.69, 9.17) is 5.11 Å². The third-order valence-corrected chi connectivity index (χ3v) is 2.54. The van der Waals surface area contributed by atoms with Gasteiger partial charge in [-0.2, -0.15) is 0 Å². The summed E-state index contributed by atoms with van der Waals surface area (Å²) in [5, 5.41) is 9.05. The summed E-state index contributed by atoms with van der Waals surface area (Å²) in [6.45, 7) is 2.07. The number of aryl methyl sites for hydroxylation is 1. The summed E-state index contributed by atoms with van der Waals surface area (Å²) in [4.78, 5) is 22.4. The summed E-state index contributed by atoms with van der Waals surface area (Å²) < 4.78 is 4.55. The second-order valence-electron chi connectivity index (χ2n) is 3.78. The Hall–Kier alpha value is -1.84. The molecular formula is C13H16O4. The summed E-state index contributed by atoms with van der Waals surface area (Å²) >= 11 is 0. The van der Waals surface area contributed by atoms with Crippen LogP contribution in [0.1, 0.15) is 46.0 Å². The predicted octanol–water partition coefficient (Wildman–Crippen LogP) is 2.51. The van der Waals surface area contributed by atoms with Gasteiger partial charge in [-0.1, -0.05) is 19.4 Å². The smallest absolute Gasteiger partial charge is 0.338 e. The molecule has 1 N–H and O–H groups in total. The van der Waals surface area contributed by atoms with Gasteiger partial charge in [0.05, 0.1) is 18.2 Å². The molecule has 0 heterocycles. The molecule has 0 aliphatic heterocycles. The van der Waals surface area contributed by atoms with Crippen LogP contribution in [0.15, 0.2) is 18.2 Å². The first-order valence-electron chi connectivity index (χ1n) is 5.54. The van der Waals surface area contributed by atoms with Crippen LogP contribution in [0.25, 0.3) is 0 Å². The standard InChI is InChI=1S/C13H16O4/c1-3-4-5-9-6-7-10(13(16)17-2)11(8-9)12(14)15/h6-8H,3-5H2,1-2H3,(H,14,15). The van der Waals surface area contributed by atoms with Crippen LogP contribution < -0.4 is 0 Å². The number of methoxy groups -OCH3 is 1.